The Balaban J connectivity index is 1.76. The largest absolute Gasteiger partial charge is 0.330 e. The maximum absolute atomic E-state index is 13.3. The lowest BCUT2D eigenvalue weighted by Crippen LogP contribution is -2.45. The summed E-state index contributed by atoms with van der Waals surface area (Å²) in [5, 5.41) is 2.89. The quantitative estimate of drug-likeness (QED) is 0.727. The summed E-state index contributed by atoms with van der Waals surface area (Å²) in [6, 6.07) is 5.25. The average molecular weight is 403 g/mol. The van der Waals surface area contributed by atoms with Crippen LogP contribution >= 0.6 is 0 Å². The van der Waals surface area contributed by atoms with Crippen LogP contribution in [-0.4, -0.2) is 65.9 Å². The summed E-state index contributed by atoms with van der Waals surface area (Å²) >= 11 is 0. The number of carbonyl (C=O) groups excluding carboxylic acids is 2. The Hall–Kier alpha value is -2.41. The molecule has 158 valence electrons. The smallest absolute Gasteiger partial charge is 0.322 e. The number of hydrogen-bond donors (Lipinski definition) is 1. The molecule has 2 heterocycles. The van der Waals surface area contributed by atoms with E-state index in [9.17, 15) is 14.0 Å². The summed E-state index contributed by atoms with van der Waals surface area (Å²) in [5.74, 6) is -0.389. The van der Waals surface area contributed by atoms with Crippen molar-refractivity contribution < 1.29 is 14.0 Å². The van der Waals surface area contributed by atoms with E-state index in [1.165, 1.54) is 17.0 Å². The molecule has 0 aromatic heterocycles. The van der Waals surface area contributed by atoms with E-state index in [4.69, 9.17) is 0 Å². The molecule has 3 rings (SSSR count). The summed E-state index contributed by atoms with van der Waals surface area (Å²) in [6.45, 7) is 9.89. The Kier molecular flexibility index (Phi) is 6.57. The Morgan fingerprint density at radius 2 is 1.86 bits per heavy atom. The zero-order valence-electron chi connectivity index (χ0n) is 17.7. The van der Waals surface area contributed by atoms with E-state index < -0.39 is 6.04 Å². The van der Waals surface area contributed by atoms with Crippen molar-refractivity contribution in [1.29, 1.82) is 0 Å². The van der Waals surface area contributed by atoms with Crippen molar-refractivity contribution >= 4 is 11.9 Å². The third-order valence-electron chi connectivity index (χ3n) is 6.11. The molecule has 0 radical (unpaired) electrons. The first-order chi connectivity index (χ1) is 13.9. The van der Waals surface area contributed by atoms with Crippen LogP contribution in [0.1, 0.15) is 45.2 Å². The summed E-state index contributed by atoms with van der Waals surface area (Å²) < 4.78 is 13.3. The maximum atomic E-state index is 13.3. The van der Waals surface area contributed by atoms with Crippen LogP contribution in [0.5, 0.6) is 0 Å². The second-order valence-electron chi connectivity index (χ2n) is 7.80. The van der Waals surface area contributed by atoms with Gasteiger partial charge in [0.1, 0.15) is 5.82 Å². The van der Waals surface area contributed by atoms with Crippen LogP contribution < -0.4 is 5.32 Å². The fourth-order valence-corrected chi connectivity index (χ4v) is 4.16. The highest BCUT2D eigenvalue weighted by atomic mass is 19.1. The summed E-state index contributed by atoms with van der Waals surface area (Å²) in [4.78, 5) is 31.5. The Morgan fingerprint density at radius 3 is 2.48 bits per heavy atom. The van der Waals surface area contributed by atoms with E-state index in [0.29, 0.717) is 17.7 Å². The minimum Gasteiger partial charge on any atom is -0.330 e. The number of urea groups is 1. The lowest BCUT2D eigenvalue weighted by Gasteiger charge is -2.31. The number of rotatable bonds is 8. The minimum atomic E-state index is -0.547. The van der Waals surface area contributed by atoms with Crippen LogP contribution in [0, 0.1) is 5.82 Å². The molecule has 0 saturated heterocycles. The molecule has 2 atom stereocenters. The number of nitrogens with one attached hydrogen (secondary N) is 1. The van der Waals surface area contributed by atoms with Gasteiger partial charge in [-0.3, -0.25) is 9.69 Å². The Bertz CT molecular complexity index is 789. The van der Waals surface area contributed by atoms with Gasteiger partial charge >= 0.3 is 6.03 Å². The molecule has 7 heteroatoms. The van der Waals surface area contributed by atoms with Crippen molar-refractivity contribution in [1.82, 2.24) is 20.0 Å². The van der Waals surface area contributed by atoms with Crippen LogP contribution in [0.2, 0.25) is 0 Å². The molecule has 2 aliphatic heterocycles. The van der Waals surface area contributed by atoms with Crippen molar-refractivity contribution in [2.75, 3.05) is 33.2 Å². The van der Waals surface area contributed by atoms with E-state index in [-0.39, 0.29) is 23.8 Å². The van der Waals surface area contributed by atoms with E-state index in [1.54, 1.807) is 19.2 Å². The Labute approximate surface area is 172 Å². The molecule has 1 aromatic carbocycles. The van der Waals surface area contributed by atoms with E-state index in [2.05, 4.69) is 31.0 Å². The molecule has 0 fully saturated rings. The summed E-state index contributed by atoms with van der Waals surface area (Å²) in [7, 11) is 1.69. The van der Waals surface area contributed by atoms with Gasteiger partial charge in [-0.1, -0.05) is 26.0 Å². The number of benzene rings is 1. The molecular formula is C22H31FN4O2. The minimum absolute atomic E-state index is 0.0449. The van der Waals surface area contributed by atoms with Gasteiger partial charge in [0.25, 0.3) is 5.91 Å². The first kappa shape index (κ1) is 21.3. The monoisotopic (exact) mass is 402 g/mol. The van der Waals surface area contributed by atoms with Gasteiger partial charge in [-0.25, -0.2) is 9.18 Å². The molecule has 0 unspecified atom stereocenters. The van der Waals surface area contributed by atoms with Crippen molar-refractivity contribution in [3.05, 3.63) is 46.9 Å². The highest BCUT2D eigenvalue weighted by molar-refractivity contribution is 6.01. The van der Waals surface area contributed by atoms with E-state index in [0.717, 1.165) is 38.2 Å². The van der Waals surface area contributed by atoms with Gasteiger partial charge in [0.15, 0.2) is 0 Å². The number of halogens is 1. The lowest BCUT2D eigenvalue weighted by molar-refractivity contribution is -0.127. The van der Waals surface area contributed by atoms with Gasteiger partial charge in [-0.05, 0) is 57.1 Å². The molecule has 1 N–H and O–H groups in total. The average Bonchev–Trinajstić information content (AvgIpc) is 3.06. The molecule has 0 bridgehead atoms. The molecule has 2 aliphatic rings. The van der Waals surface area contributed by atoms with E-state index in [1.807, 2.05) is 4.90 Å². The second kappa shape index (κ2) is 8.95. The zero-order chi connectivity index (χ0) is 21.1. The van der Waals surface area contributed by atoms with Crippen LogP contribution in [0.4, 0.5) is 9.18 Å². The Morgan fingerprint density at radius 1 is 1.21 bits per heavy atom. The van der Waals surface area contributed by atoms with Gasteiger partial charge in [0.05, 0.1) is 23.9 Å². The number of nitrogens with zero attached hydrogens (tertiary/aromatic N) is 3. The summed E-state index contributed by atoms with van der Waals surface area (Å²) in [5.41, 5.74) is 2.04. The molecule has 3 amide bonds. The molecule has 6 nitrogen and oxygen atoms in total. The van der Waals surface area contributed by atoms with Gasteiger partial charge in [-0.2, -0.15) is 0 Å². The van der Waals surface area contributed by atoms with Gasteiger partial charge in [-0.15, -0.1) is 0 Å². The fourth-order valence-electron chi connectivity index (χ4n) is 4.16. The van der Waals surface area contributed by atoms with Gasteiger partial charge in [0, 0.05) is 13.1 Å². The predicted octanol–water partition coefficient (Wildman–Crippen LogP) is 3.13. The van der Waals surface area contributed by atoms with Crippen molar-refractivity contribution in [2.24, 2.45) is 0 Å². The van der Waals surface area contributed by atoms with Gasteiger partial charge in [0.2, 0.25) is 0 Å². The summed E-state index contributed by atoms with van der Waals surface area (Å²) in [6.07, 6.45) is 1.93. The molecular weight excluding hydrogens is 371 g/mol. The third kappa shape index (κ3) is 4.29. The fraction of sp³-hybridized carbons (Fsp3) is 0.545. The van der Waals surface area contributed by atoms with Crippen LogP contribution in [-0.2, 0) is 4.79 Å². The first-order valence-corrected chi connectivity index (χ1v) is 10.4. The van der Waals surface area contributed by atoms with Crippen LogP contribution in [0.3, 0.4) is 0 Å². The highest BCUT2D eigenvalue weighted by Gasteiger charge is 2.43. The second-order valence-corrected chi connectivity index (χ2v) is 7.80. The van der Waals surface area contributed by atoms with Crippen LogP contribution in [0.25, 0.3) is 0 Å². The number of carbonyl (C=O) groups is 2. The molecule has 0 saturated carbocycles. The number of hydrogen-bond acceptors (Lipinski definition) is 3. The highest BCUT2D eigenvalue weighted by Crippen LogP contribution is 2.36. The standard InChI is InChI=1S/C22H31FN4O2/c1-5-26(6-2)13-7-8-15(3)27-14-18-19(21(27)28)20(24-22(29)25(18)4)16-9-11-17(23)12-10-16/h9-12,15,20H,5-8,13-14H2,1-4H3,(H,24,29)/t15-,20+/m0/s1. The lowest BCUT2D eigenvalue weighted by atomic mass is 9.95. The molecule has 0 spiro atoms. The molecule has 29 heavy (non-hydrogen) atoms. The molecule has 0 aliphatic carbocycles. The van der Waals surface area contributed by atoms with Crippen molar-refractivity contribution in [3.63, 3.8) is 0 Å². The predicted molar refractivity (Wildman–Crippen MR) is 111 cm³/mol. The third-order valence-corrected chi connectivity index (χ3v) is 6.11. The first-order valence-electron chi connectivity index (χ1n) is 10.4. The van der Waals surface area contributed by atoms with Crippen LogP contribution in [0.15, 0.2) is 35.5 Å². The SMILES string of the molecule is CCN(CC)CCC[C@H](C)N1CC2=C(C1=O)[C@@H](c1ccc(F)cc1)NC(=O)N2C. The normalized spacial score (nSPS) is 20.4. The van der Waals surface area contributed by atoms with Gasteiger partial charge < -0.3 is 15.1 Å². The maximum Gasteiger partial charge on any atom is 0.322 e. The number of amides is 3. The van der Waals surface area contributed by atoms with Crippen molar-refractivity contribution in [2.45, 2.75) is 45.7 Å². The number of likely N-dealkylation sites (N-methyl/N-ethyl adjacent to an activating group) is 1. The molecule has 1 aromatic rings. The van der Waals surface area contributed by atoms with Crippen molar-refractivity contribution in [3.8, 4) is 0 Å². The zero-order valence-corrected chi connectivity index (χ0v) is 17.7. The topological polar surface area (TPSA) is 55.9 Å². The van der Waals surface area contributed by atoms with E-state index >= 15 is 0 Å².